The molecule has 0 heterocycles. The van der Waals surface area contributed by atoms with Gasteiger partial charge in [-0.15, -0.1) is 0 Å². The predicted octanol–water partition coefficient (Wildman–Crippen LogP) is 1.33. The number of hydrogen-bond acceptors (Lipinski definition) is 5. The fourth-order valence-corrected chi connectivity index (χ4v) is 2.27. The van der Waals surface area contributed by atoms with Gasteiger partial charge in [-0.3, -0.25) is 10.1 Å². The second-order valence-electron chi connectivity index (χ2n) is 5.49. The van der Waals surface area contributed by atoms with Crippen molar-refractivity contribution in [2.45, 2.75) is 25.0 Å². The van der Waals surface area contributed by atoms with Gasteiger partial charge in [0.1, 0.15) is 0 Å². The number of non-ortho nitro benzene ring substituents is 1. The van der Waals surface area contributed by atoms with E-state index in [1.807, 2.05) is 11.9 Å². The lowest BCUT2D eigenvalue weighted by Crippen LogP contribution is -2.33. The minimum atomic E-state index is -0.800. The lowest BCUT2D eigenvalue weighted by Gasteiger charge is -2.23. The van der Waals surface area contributed by atoms with E-state index in [4.69, 9.17) is 0 Å². The standard InChI is InChI=1S/C14H20N2O4/c1-15(8-13(17)10-5-6-10)9-14(18)11-3-2-4-12(7-11)16(19)20/h2-4,7,10,13-14,17-18H,5-6,8-9H2,1H3. The van der Waals surface area contributed by atoms with E-state index in [1.54, 1.807) is 12.1 Å². The third-order valence-electron chi connectivity index (χ3n) is 3.62. The van der Waals surface area contributed by atoms with Crippen LogP contribution in [0.15, 0.2) is 24.3 Å². The van der Waals surface area contributed by atoms with Crippen molar-refractivity contribution in [3.63, 3.8) is 0 Å². The van der Waals surface area contributed by atoms with Crippen LogP contribution in [0.5, 0.6) is 0 Å². The molecule has 6 nitrogen and oxygen atoms in total. The van der Waals surface area contributed by atoms with Crippen LogP contribution >= 0.6 is 0 Å². The van der Waals surface area contributed by atoms with Crippen LogP contribution in [0.25, 0.3) is 0 Å². The van der Waals surface area contributed by atoms with Gasteiger partial charge in [0.2, 0.25) is 0 Å². The summed E-state index contributed by atoms with van der Waals surface area (Å²) in [5.74, 6) is 0.396. The molecule has 0 bridgehead atoms. The van der Waals surface area contributed by atoms with E-state index in [-0.39, 0.29) is 11.8 Å². The van der Waals surface area contributed by atoms with E-state index in [0.717, 1.165) is 12.8 Å². The monoisotopic (exact) mass is 280 g/mol. The fraction of sp³-hybridized carbons (Fsp3) is 0.571. The Labute approximate surface area is 117 Å². The normalized spacial score (nSPS) is 18.0. The molecule has 1 fully saturated rings. The highest BCUT2D eigenvalue weighted by atomic mass is 16.6. The van der Waals surface area contributed by atoms with E-state index in [0.29, 0.717) is 24.6 Å². The molecule has 1 aromatic rings. The molecule has 1 aromatic carbocycles. The molecule has 0 aliphatic heterocycles. The molecule has 1 aliphatic rings. The first-order chi connectivity index (χ1) is 9.47. The number of nitro benzene ring substituents is 1. The van der Waals surface area contributed by atoms with Crippen LogP contribution in [0.1, 0.15) is 24.5 Å². The fourth-order valence-electron chi connectivity index (χ4n) is 2.27. The molecule has 1 aliphatic carbocycles. The van der Waals surface area contributed by atoms with Crippen molar-refractivity contribution in [3.05, 3.63) is 39.9 Å². The Bertz CT molecular complexity index is 476. The molecule has 2 unspecified atom stereocenters. The van der Waals surface area contributed by atoms with Gasteiger partial charge in [0.15, 0.2) is 0 Å². The molecule has 0 saturated heterocycles. The molecule has 0 amide bonds. The van der Waals surface area contributed by atoms with Crippen LogP contribution in [-0.2, 0) is 0 Å². The average Bonchev–Trinajstić information content (AvgIpc) is 3.22. The molecule has 0 aromatic heterocycles. The van der Waals surface area contributed by atoms with Gasteiger partial charge in [-0.05, 0) is 31.4 Å². The first-order valence-corrected chi connectivity index (χ1v) is 6.76. The van der Waals surface area contributed by atoms with Crippen LogP contribution < -0.4 is 0 Å². The molecule has 2 rings (SSSR count). The number of aliphatic hydroxyl groups excluding tert-OH is 2. The zero-order valence-corrected chi connectivity index (χ0v) is 11.5. The van der Waals surface area contributed by atoms with Gasteiger partial charge in [0, 0.05) is 25.2 Å². The van der Waals surface area contributed by atoms with Gasteiger partial charge in [-0.1, -0.05) is 12.1 Å². The van der Waals surface area contributed by atoms with Gasteiger partial charge in [-0.2, -0.15) is 0 Å². The number of rotatable bonds is 7. The van der Waals surface area contributed by atoms with Crippen molar-refractivity contribution in [1.29, 1.82) is 0 Å². The molecule has 110 valence electrons. The summed E-state index contributed by atoms with van der Waals surface area (Å²) >= 11 is 0. The Hall–Kier alpha value is -1.50. The Balaban J connectivity index is 1.91. The zero-order valence-electron chi connectivity index (χ0n) is 11.5. The van der Waals surface area contributed by atoms with E-state index in [2.05, 4.69) is 0 Å². The number of nitro groups is 1. The maximum Gasteiger partial charge on any atom is 0.269 e. The van der Waals surface area contributed by atoms with Gasteiger partial charge in [-0.25, -0.2) is 0 Å². The lowest BCUT2D eigenvalue weighted by molar-refractivity contribution is -0.385. The van der Waals surface area contributed by atoms with Crippen molar-refractivity contribution in [3.8, 4) is 0 Å². The maximum atomic E-state index is 10.7. The molecule has 1 saturated carbocycles. The molecular weight excluding hydrogens is 260 g/mol. The summed E-state index contributed by atoms with van der Waals surface area (Å²) in [7, 11) is 1.83. The number of likely N-dealkylation sites (N-methyl/N-ethyl adjacent to an activating group) is 1. The van der Waals surface area contributed by atoms with Crippen molar-refractivity contribution in [1.82, 2.24) is 4.90 Å². The molecule has 6 heteroatoms. The van der Waals surface area contributed by atoms with Gasteiger partial charge < -0.3 is 15.1 Å². The summed E-state index contributed by atoms with van der Waals surface area (Å²) in [5.41, 5.74) is 0.495. The zero-order chi connectivity index (χ0) is 14.7. The number of nitrogens with zero attached hydrogens (tertiary/aromatic N) is 2. The SMILES string of the molecule is CN(CC(O)c1cccc([N+](=O)[O-])c1)CC(O)C1CC1. The van der Waals surface area contributed by atoms with Gasteiger partial charge in [0.25, 0.3) is 5.69 Å². The molecule has 0 radical (unpaired) electrons. The minimum Gasteiger partial charge on any atom is -0.392 e. The largest absolute Gasteiger partial charge is 0.392 e. The number of aliphatic hydroxyl groups is 2. The molecular formula is C14H20N2O4. The molecule has 2 atom stereocenters. The van der Waals surface area contributed by atoms with E-state index >= 15 is 0 Å². The van der Waals surface area contributed by atoms with E-state index < -0.39 is 11.0 Å². The highest BCUT2D eigenvalue weighted by Gasteiger charge is 2.30. The van der Waals surface area contributed by atoms with E-state index in [9.17, 15) is 20.3 Å². The second kappa shape index (κ2) is 6.30. The average molecular weight is 280 g/mol. The molecule has 20 heavy (non-hydrogen) atoms. The highest BCUT2D eigenvalue weighted by Crippen LogP contribution is 2.32. The first kappa shape index (κ1) is 14.9. The highest BCUT2D eigenvalue weighted by molar-refractivity contribution is 5.35. The van der Waals surface area contributed by atoms with E-state index in [1.165, 1.54) is 12.1 Å². The minimum absolute atomic E-state index is 0.0257. The Morgan fingerprint density at radius 2 is 2.10 bits per heavy atom. The maximum absolute atomic E-state index is 10.7. The van der Waals surface area contributed by atoms with Gasteiger partial charge in [0.05, 0.1) is 17.1 Å². The molecule has 0 spiro atoms. The van der Waals surface area contributed by atoms with Crippen LogP contribution in [-0.4, -0.2) is 46.3 Å². The third kappa shape index (κ3) is 4.00. The predicted molar refractivity (Wildman–Crippen MR) is 74.3 cm³/mol. The number of benzene rings is 1. The van der Waals surface area contributed by atoms with Crippen LogP contribution in [0.3, 0.4) is 0 Å². The summed E-state index contributed by atoms with van der Waals surface area (Å²) in [6.45, 7) is 0.849. The smallest absolute Gasteiger partial charge is 0.269 e. The van der Waals surface area contributed by atoms with Crippen LogP contribution in [0.2, 0.25) is 0 Å². The summed E-state index contributed by atoms with van der Waals surface area (Å²) in [6, 6.07) is 6.02. The van der Waals surface area contributed by atoms with Crippen LogP contribution in [0.4, 0.5) is 5.69 Å². The Morgan fingerprint density at radius 3 is 2.70 bits per heavy atom. The quantitative estimate of drug-likeness (QED) is 0.581. The summed E-state index contributed by atoms with van der Waals surface area (Å²) in [5, 5.41) is 30.7. The molecule has 2 N–H and O–H groups in total. The third-order valence-corrected chi connectivity index (χ3v) is 3.62. The second-order valence-corrected chi connectivity index (χ2v) is 5.49. The Kier molecular flexibility index (Phi) is 4.69. The van der Waals surface area contributed by atoms with Crippen molar-refractivity contribution >= 4 is 5.69 Å². The van der Waals surface area contributed by atoms with Gasteiger partial charge >= 0.3 is 0 Å². The van der Waals surface area contributed by atoms with Crippen molar-refractivity contribution in [2.24, 2.45) is 5.92 Å². The number of hydrogen-bond donors (Lipinski definition) is 2. The summed E-state index contributed by atoms with van der Waals surface area (Å²) in [4.78, 5) is 12.1. The van der Waals surface area contributed by atoms with Crippen LogP contribution in [0, 0.1) is 16.0 Å². The summed E-state index contributed by atoms with van der Waals surface area (Å²) < 4.78 is 0. The lowest BCUT2D eigenvalue weighted by atomic mass is 10.1. The Morgan fingerprint density at radius 1 is 1.40 bits per heavy atom. The summed E-state index contributed by atoms with van der Waals surface area (Å²) in [6.07, 6.45) is 0.994. The van der Waals surface area contributed by atoms with Crippen molar-refractivity contribution < 1.29 is 15.1 Å². The van der Waals surface area contributed by atoms with Crippen molar-refractivity contribution in [2.75, 3.05) is 20.1 Å². The topological polar surface area (TPSA) is 86.8 Å². The first-order valence-electron chi connectivity index (χ1n) is 6.76.